The molecule has 1 unspecified atom stereocenters. The van der Waals surface area contributed by atoms with Crippen LogP contribution >= 0.6 is 0 Å². The summed E-state index contributed by atoms with van der Waals surface area (Å²) < 4.78 is 5.55. The Kier molecular flexibility index (Phi) is 6.76. The van der Waals surface area contributed by atoms with E-state index in [9.17, 15) is 4.79 Å². The molecule has 0 fully saturated rings. The molecule has 0 saturated heterocycles. The Balaban J connectivity index is 2.17. The van der Waals surface area contributed by atoms with E-state index in [0.717, 1.165) is 5.56 Å². The van der Waals surface area contributed by atoms with Gasteiger partial charge in [-0.3, -0.25) is 10.2 Å². The van der Waals surface area contributed by atoms with E-state index in [1.54, 1.807) is 0 Å². The molecule has 1 amide bonds. The number of nitrogens with one attached hydrogen (secondary N) is 1. The minimum Gasteiger partial charge on any atom is -0.374 e. The molecule has 0 aliphatic rings. The van der Waals surface area contributed by atoms with Gasteiger partial charge in [0.2, 0.25) is 5.91 Å². The van der Waals surface area contributed by atoms with Crippen LogP contribution in [0, 0.1) is 0 Å². The lowest BCUT2D eigenvalue weighted by Crippen LogP contribution is -2.30. The van der Waals surface area contributed by atoms with Crippen LogP contribution in [0.1, 0.15) is 25.3 Å². The maximum absolute atomic E-state index is 10.9. The van der Waals surface area contributed by atoms with Gasteiger partial charge < -0.3 is 4.74 Å². The first-order chi connectivity index (χ1) is 8.72. The summed E-state index contributed by atoms with van der Waals surface area (Å²) in [6, 6.07) is 10.0. The SMILES string of the molecule is CC(CCC(=O)NN)OCC=Cc1ccccc1. The average Bonchev–Trinajstić information content (AvgIpc) is 2.42. The van der Waals surface area contributed by atoms with Crippen molar-refractivity contribution in [2.75, 3.05) is 6.61 Å². The molecule has 0 aliphatic carbocycles. The van der Waals surface area contributed by atoms with Crippen molar-refractivity contribution in [2.45, 2.75) is 25.9 Å². The van der Waals surface area contributed by atoms with Gasteiger partial charge in [0.05, 0.1) is 12.7 Å². The number of carbonyl (C=O) groups is 1. The summed E-state index contributed by atoms with van der Waals surface area (Å²) in [4.78, 5) is 10.9. The van der Waals surface area contributed by atoms with Crippen molar-refractivity contribution >= 4 is 12.0 Å². The molecular formula is C14H20N2O2. The largest absolute Gasteiger partial charge is 0.374 e. The van der Waals surface area contributed by atoms with Crippen molar-refractivity contribution in [3.05, 3.63) is 42.0 Å². The number of ether oxygens (including phenoxy) is 1. The highest BCUT2D eigenvalue weighted by molar-refractivity contribution is 5.75. The van der Waals surface area contributed by atoms with Gasteiger partial charge in [-0.1, -0.05) is 42.5 Å². The topological polar surface area (TPSA) is 64.4 Å². The van der Waals surface area contributed by atoms with Crippen LogP contribution in [0.2, 0.25) is 0 Å². The van der Waals surface area contributed by atoms with Crippen molar-refractivity contribution in [3.63, 3.8) is 0 Å². The number of carbonyl (C=O) groups excluding carboxylic acids is 1. The molecule has 1 aromatic rings. The van der Waals surface area contributed by atoms with Crippen molar-refractivity contribution in [3.8, 4) is 0 Å². The minimum atomic E-state index is -0.162. The fraction of sp³-hybridized carbons (Fsp3) is 0.357. The second kappa shape index (κ2) is 8.44. The third-order valence-electron chi connectivity index (χ3n) is 2.53. The third kappa shape index (κ3) is 6.18. The van der Waals surface area contributed by atoms with Crippen molar-refractivity contribution in [2.24, 2.45) is 5.84 Å². The monoisotopic (exact) mass is 248 g/mol. The zero-order chi connectivity index (χ0) is 13.2. The Morgan fingerprint density at radius 2 is 2.17 bits per heavy atom. The van der Waals surface area contributed by atoms with Gasteiger partial charge in [0.25, 0.3) is 0 Å². The molecule has 3 N–H and O–H groups in total. The van der Waals surface area contributed by atoms with E-state index in [-0.39, 0.29) is 12.0 Å². The Morgan fingerprint density at radius 1 is 1.44 bits per heavy atom. The van der Waals surface area contributed by atoms with E-state index in [1.165, 1.54) is 0 Å². The van der Waals surface area contributed by atoms with Gasteiger partial charge in [0.15, 0.2) is 0 Å². The van der Waals surface area contributed by atoms with Gasteiger partial charge in [-0.2, -0.15) is 0 Å². The van der Waals surface area contributed by atoms with Gasteiger partial charge in [-0.05, 0) is 18.9 Å². The smallest absolute Gasteiger partial charge is 0.233 e. The maximum Gasteiger partial charge on any atom is 0.233 e. The normalized spacial score (nSPS) is 12.6. The highest BCUT2D eigenvalue weighted by Crippen LogP contribution is 2.03. The molecule has 0 spiro atoms. The molecule has 98 valence electrons. The molecule has 0 aromatic heterocycles. The molecule has 0 radical (unpaired) electrons. The Morgan fingerprint density at radius 3 is 2.83 bits per heavy atom. The molecule has 4 heteroatoms. The Labute approximate surface area is 108 Å². The van der Waals surface area contributed by atoms with Gasteiger partial charge in [0, 0.05) is 6.42 Å². The Bertz CT molecular complexity index is 377. The van der Waals surface area contributed by atoms with Crippen LogP contribution < -0.4 is 11.3 Å². The summed E-state index contributed by atoms with van der Waals surface area (Å²) in [6.45, 7) is 2.49. The Hall–Kier alpha value is -1.65. The summed E-state index contributed by atoms with van der Waals surface area (Å²) in [6.07, 6.45) is 5.08. The quantitative estimate of drug-likeness (QED) is 0.440. The maximum atomic E-state index is 10.9. The number of rotatable bonds is 7. The highest BCUT2D eigenvalue weighted by atomic mass is 16.5. The van der Waals surface area contributed by atoms with Crippen LogP contribution in [0.25, 0.3) is 6.08 Å². The molecule has 1 atom stereocenters. The molecular weight excluding hydrogens is 228 g/mol. The number of nitrogens with two attached hydrogens (primary N) is 1. The van der Waals surface area contributed by atoms with Crippen LogP contribution in [0.5, 0.6) is 0 Å². The lowest BCUT2D eigenvalue weighted by Gasteiger charge is -2.10. The van der Waals surface area contributed by atoms with Crippen LogP contribution in [0.4, 0.5) is 0 Å². The lowest BCUT2D eigenvalue weighted by molar-refractivity contribution is -0.121. The van der Waals surface area contributed by atoms with Crippen molar-refractivity contribution in [1.82, 2.24) is 5.43 Å². The average molecular weight is 248 g/mol. The summed E-state index contributed by atoms with van der Waals surface area (Å²) in [5, 5.41) is 0. The number of benzene rings is 1. The van der Waals surface area contributed by atoms with Crippen molar-refractivity contribution in [1.29, 1.82) is 0 Å². The van der Waals surface area contributed by atoms with Crippen molar-refractivity contribution < 1.29 is 9.53 Å². The molecule has 0 heterocycles. The predicted molar refractivity (Wildman–Crippen MR) is 72.5 cm³/mol. The van der Waals surface area contributed by atoms with E-state index in [2.05, 4.69) is 5.43 Å². The molecule has 1 rings (SSSR count). The lowest BCUT2D eigenvalue weighted by atomic mass is 10.2. The fourth-order valence-corrected chi connectivity index (χ4v) is 1.46. The second-order valence-corrected chi connectivity index (χ2v) is 4.06. The van der Waals surface area contributed by atoms with Crippen LogP contribution in [-0.2, 0) is 9.53 Å². The van der Waals surface area contributed by atoms with E-state index >= 15 is 0 Å². The summed E-state index contributed by atoms with van der Waals surface area (Å²) in [5.41, 5.74) is 3.25. The molecule has 0 saturated carbocycles. The van der Waals surface area contributed by atoms with Gasteiger partial charge >= 0.3 is 0 Å². The van der Waals surface area contributed by atoms with Crippen LogP contribution in [0.15, 0.2) is 36.4 Å². The molecule has 1 aromatic carbocycles. The van der Waals surface area contributed by atoms with E-state index in [1.807, 2.05) is 49.4 Å². The minimum absolute atomic E-state index is 0.0442. The van der Waals surface area contributed by atoms with Gasteiger partial charge in [-0.25, -0.2) is 5.84 Å². The zero-order valence-electron chi connectivity index (χ0n) is 10.6. The molecule has 0 aliphatic heterocycles. The highest BCUT2D eigenvalue weighted by Gasteiger charge is 2.04. The molecule has 4 nitrogen and oxygen atoms in total. The number of hydrogen-bond donors (Lipinski definition) is 2. The first kappa shape index (κ1) is 14.4. The zero-order valence-corrected chi connectivity index (χ0v) is 10.6. The third-order valence-corrected chi connectivity index (χ3v) is 2.53. The predicted octanol–water partition coefficient (Wildman–Crippen LogP) is 1.87. The first-order valence-corrected chi connectivity index (χ1v) is 6.05. The van der Waals surface area contributed by atoms with Gasteiger partial charge in [-0.15, -0.1) is 0 Å². The summed E-state index contributed by atoms with van der Waals surface area (Å²) in [5.74, 6) is 4.83. The van der Waals surface area contributed by atoms with Crippen LogP contribution in [-0.4, -0.2) is 18.6 Å². The van der Waals surface area contributed by atoms with Crippen LogP contribution in [0.3, 0.4) is 0 Å². The van der Waals surface area contributed by atoms with E-state index in [4.69, 9.17) is 10.6 Å². The fourth-order valence-electron chi connectivity index (χ4n) is 1.46. The number of amides is 1. The van der Waals surface area contributed by atoms with Gasteiger partial charge in [0.1, 0.15) is 0 Å². The standard InChI is InChI=1S/C14H20N2O2/c1-12(9-10-14(17)16-15)18-11-5-8-13-6-3-2-4-7-13/h2-8,12H,9-11,15H2,1H3,(H,16,17). The second-order valence-electron chi connectivity index (χ2n) is 4.06. The summed E-state index contributed by atoms with van der Waals surface area (Å²) in [7, 11) is 0. The molecule has 0 bridgehead atoms. The summed E-state index contributed by atoms with van der Waals surface area (Å²) >= 11 is 0. The number of hydrogen-bond acceptors (Lipinski definition) is 3. The molecule has 18 heavy (non-hydrogen) atoms. The van der Waals surface area contributed by atoms with E-state index < -0.39 is 0 Å². The van der Waals surface area contributed by atoms with E-state index in [0.29, 0.717) is 19.4 Å². The first-order valence-electron chi connectivity index (χ1n) is 6.05. The number of hydrazine groups is 1.